The van der Waals surface area contributed by atoms with Gasteiger partial charge in [-0.1, -0.05) is 23.4 Å². The molecule has 1 amide bonds. The molecule has 0 radical (unpaired) electrons. The number of nitrogens with one attached hydrogen (secondary N) is 1. The first kappa shape index (κ1) is 12.4. The summed E-state index contributed by atoms with van der Waals surface area (Å²) < 4.78 is 0. The maximum absolute atomic E-state index is 10.8. The molecular formula is C15H14ClNO2. The molecule has 0 aliphatic heterocycles. The van der Waals surface area contributed by atoms with E-state index in [9.17, 15) is 4.79 Å². The number of carboxylic acid groups (broad SMARTS) is 1. The summed E-state index contributed by atoms with van der Waals surface area (Å²) in [6, 6.07) is 5.24. The summed E-state index contributed by atoms with van der Waals surface area (Å²) in [5, 5.41) is 12.0. The Kier molecular flexibility index (Phi) is 2.91. The Labute approximate surface area is 117 Å². The van der Waals surface area contributed by atoms with Crippen molar-refractivity contribution >= 4 is 23.4 Å². The van der Waals surface area contributed by atoms with Crippen LogP contribution in [-0.4, -0.2) is 11.2 Å². The maximum atomic E-state index is 10.8. The average molecular weight is 276 g/mol. The van der Waals surface area contributed by atoms with Gasteiger partial charge < -0.3 is 5.11 Å². The predicted octanol–water partition coefficient (Wildman–Crippen LogP) is 3.87. The van der Waals surface area contributed by atoms with Gasteiger partial charge in [0.15, 0.2) is 0 Å². The van der Waals surface area contributed by atoms with Crippen LogP contribution in [0.1, 0.15) is 31.2 Å². The van der Waals surface area contributed by atoms with Crippen LogP contribution in [0.2, 0.25) is 5.02 Å². The summed E-state index contributed by atoms with van der Waals surface area (Å²) in [6.07, 6.45) is 3.27. The van der Waals surface area contributed by atoms with E-state index in [1.165, 1.54) is 12.8 Å². The molecule has 98 valence electrons. The van der Waals surface area contributed by atoms with E-state index < -0.39 is 6.09 Å². The first-order valence-corrected chi connectivity index (χ1v) is 6.79. The largest absolute Gasteiger partial charge is 0.465 e. The molecule has 19 heavy (non-hydrogen) atoms. The van der Waals surface area contributed by atoms with Crippen LogP contribution in [0.5, 0.6) is 0 Å². The molecule has 0 saturated heterocycles. The lowest BCUT2D eigenvalue weighted by molar-refractivity contribution is 0.209. The normalized spacial score (nSPS) is 19.2. The van der Waals surface area contributed by atoms with Crippen molar-refractivity contribution in [2.24, 2.45) is 5.92 Å². The van der Waals surface area contributed by atoms with Gasteiger partial charge in [0.2, 0.25) is 0 Å². The van der Waals surface area contributed by atoms with E-state index in [-0.39, 0.29) is 5.41 Å². The van der Waals surface area contributed by atoms with Crippen molar-refractivity contribution in [3.63, 3.8) is 0 Å². The third-order valence-electron chi connectivity index (χ3n) is 3.58. The molecule has 0 bridgehead atoms. The fourth-order valence-electron chi connectivity index (χ4n) is 2.19. The number of carbonyl (C=O) groups is 1. The topological polar surface area (TPSA) is 49.3 Å². The molecule has 1 aromatic rings. The number of benzene rings is 1. The quantitative estimate of drug-likeness (QED) is 0.805. The van der Waals surface area contributed by atoms with Gasteiger partial charge in [0.05, 0.1) is 5.41 Å². The summed E-state index contributed by atoms with van der Waals surface area (Å²) in [7, 11) is 0. The molecule has 2 N–H and O–H groups in total. The molecule has 2 saturated carbocycles. The van der Waals surface area contributed by atoms with Crippen molar-refractivity contribution in [1.82, 2.24) is 0 Å². The molecule has 2 fully saturated rings. The second-order valence-electron chi connectivity index (χ2n) is 5.25. The number of rotatable bonds is 2. The Bertz CT molecular complexity index is 592. The van der Waals surface area contributed by atoms with Crippen LogP contribution >= 0.6 is 11.6 Å². The van der Waals surface area contributed by atoms with Crippen LogP contribution in [0, 0.1) is 17.8 Å². The first-order valence-electron chi connectivity index (χ1n) is 6.42. The third-order valence-corrected chi connectivity index (χ3v) is 3.82. The zero-order valence-electron chi connectivity index (χ0n) is 10.4. The minimum Gasteiger partial charge on any atom is -0.465 e. The van der Waals surface area contributed by atoms with Crippen molar-refractivity contribution in [2.45, 2.75) is 31.1 Å². The molecule has 0 atom stereocenters. The molecule has 3 rings (SSSR count). The minimum atomic E-state index is -1.06. The van der Waals surface area contributed by atoms with Crippen LogP contribution in [0.25, 0.3) is 0 Å². The Hall–Kier alpha value is -1.66. The Morgan fingerprint density at radius 3 is 2.74 bits per heavy atom. The van der Waals surface area contributed by atoms with Crippen LogP contribution in [-0.2, 0) is 5.41 Å². The van der Waals surface area contributed by atoms with Gasteiger partial charge in [-0.25, -0.2) is 4.79 Å². The maximum Gasteiger partial charge on any atom is 0.409 e. The van der Waals surface area contributed by atoms with Crippen LogP contribution in [0.15, 0.2) is 18.2 Å². The lowest BCUT2D eigenvalue weighted by Gasteiger charge is -2.14. The van der Waals surface area contributed by atoms with Crippen molar-refractivity contribution < 1.29 is 9.90 Å². The molecule has 0 spiro atoms. The first-order chi connectivity index (χ1) is 9.09. The van der Waals surface area contributed by atoms with Gasteiger partial charge in [-0.15, -0.1) is 0 Å². The smallest absolute Gasteiger partial charge is 0.409 e. The third kappa shape index (κ3) is 2.69. The second-order valence-corrected chi connectivity index (χ2v) is 5.68. The average Bonchev–Trinajstić information content (AvgIpc) is 3.24. The molecule has 2 aliphatic carbocycles. The fourth-order valence-corrected chi connectivity index (χ4v) is 2.36. The molecule has 4 heteroatoms. The molecule has 3 nitrogen and oxygen atoms in total. The Morgan fingerprint density at radius 2 is 2.16 bits per heavy atom. The highest BCUT2D eigenvalue weighted by Crippen LogP contribution is 2.51. The van der Waals surface area contributed by atoms with Crippen LogP contribution in [0.3, 0.4) is 0 Å². The van der Waals surface area contributed by atoms with E-state index in [2.05, 4.69) is 17.2 Å². The molecule has 0 unspecified atom stereocenters. The summed E-state index contributed by atoms with van der Waals surface area (Å²) in [6.45, 7) is 0. The number of hydrogen-bond acceptors (Lipinski definition) is 1. The molecular weight excluding hydrogens is 262 g/mol. The number of anilines is 1. The highest BCUT2D eigenvalue weighted by atomic mass is 35.5. The Balaban J connectivity index is 1.96. The van der Waals surface area contributed by atoms with Gasteiger partial charge in [-0.2, -0.15) is 0 Å². The molecule has 1 aromatic carbocycles. The van der Waals surface area contributed by atoms with Crippen LogP contribution in [0.4, 0.5) is 10.5 Å². The monoisotopic (exact) mass is 275 g/mol. The summed E-state index contributed by atoms with van der Waals surface area (Å²) in [4.78, 5) is 10.8. The predicted molar refractivity (Wildman–Crippen MR) is 74.5 cm³/mol. The SMILES string of the molecule is O=C(O)Nc1ccc(Cl)cc1C1(C#CC2CC2)CC1. The summed E-state index contributed by atoms with van der Waals surface area (Å²) in [5.74, 6) is 7.19. The minimum absolute atomic E-state index is 0.189. The van der Waals surface area contributed by atoms with Gasteiger partial charge in [-0.05, 0) is 49.4 Å². The van der Waals surface area contributed by atoms with Crippen LogP contribution < -0.4 is 5.32 Å². The summed E-state index contributed by atoms with van der Waals surface area (Å²) in [5.41, 5.74) is 1.32. The van der Waals surface area contributed by atoms with Crippen molar-refractivity contribution in [3.05, 3.63) is 28.8 Å². The molecule has 0 heterocycles. The number of hydrogen-bond donors (Lipinski definition) is 2. The van der Waals surface area contributed by atoms with E-state index in [1.807, 2.05) is 6.07 Å². The second kappa shape index (κ2) is 4.47. The summed E-state index contributed by atoms with van der Waals surface area (Å²) >= 11 is 6.04. The number of halogens is 1. The van der Waals surface area contributed by atoms with E-state index >= 15 is 0 Å². The number of amides is 1. The highest BCUT2D eigenvalue weighted by molar-refractivity contribution is 6.30. The zero-order valence-corrected chi connectivity index (χ0v) is 11.1. The van der Waals surface area contributed by atoms with Crippen molar-refractivity contribution in [2.75, 3.05) is 5.32 Å². The van der Waals surface area contributed by atoms with E-state index in [4.69, 9.17) is 16.7 Å². The zero-order chi connectivity index (χ0) is 13.5. The molecule has 0 aromatic heterocycles. The van der Waals surface area contributed by atoms with Gasteiger partial charge in [0, 0.05) is 16.6 Å². The fraction of sp³-hybridized carbons (Fsp3) is 0.400. The highest BCUT2D eigenvalue weighted by Gasteiger charge is 2.45. The van der Waals surface area contributed by atoms with Gasteiger partial charge in [0.25, 0.3) is 0 Å². The van der Waals surface area contributed by atoms with Crippen molar-refractivity contribution in [3.8, 4) is 11.8 Å². The van der Waals surface area contributed by atoms with E-state index in [1.54, 1.807) is 12.1 Å². The van der Waals surface area contributed by atoms with Gasteiger partial charge >= 0.3 is 6.09 Å². The van der Waals surface area contributed by atoms with Crippen molar-refractivity contribution in [1.29, 1.82) is 0 Å². The Morgan fingerprint density at radius 1 is 1.42 bits per heavy atom. The lowest BCUT2D eigenvalue weighted by Crippen LogP contribution is -2.13. The lowest BCUT2D eigenvalue weighted by atomic mass is 9.94. The standard InChI is InChI=1S/C15H14ClNO2/c16-11-3-4-13(17-14(18)19)12(9-11)15(7-8-15)6-5-10-1-2-10/h3-4,9-10,17H,1-2,7-8H2,(H,18,19). The van der Waals surface area contributed by atoms with Gasteiger partial charge in [0.1, 0.15) is 0 Å². The van der Waals surface area contributed by atoms with E-state index in [0.29, 0.717) is 16.6 Å². The van der Waals surface area contributed by atoms with E-state index in [0.717, 1.165) is 18.4 Å². The molecule has 2 aliphatic rings. The van der Waals surface area contributed by atoms with Gasteiger partial charge in [-0.3, -0.25) is 5.32 Å².